The molecule has 0 aliphatic heterocycles. The Labute approximate surface area is 162 Å². The van der Waals surface area contributed by atoms with Gasteiger partial charge in [0.1, 0.15) is 5.58 Å². The van der Waals surface area contributed by atoms with Gasteiger partial charge in [-0.05, 0) is 42.2 Å². The fraction of sp³-hybridized carbons (Fsp3) is 0.0800. The fourth-order valence-electron chi connectivity index (χ4n) is 4.08. The Morgan fingerprint density at radius 1 is 0.750 bits per heavy atom. The molecule has 0 fully saturated rings. The first kappa shape index (κ1) is 16.6. The lowest BCUT2D eigenvalue weighted by molar-refractivity contribution is 0.560. The number of aromatic nitrogens is 1. The zero-order valence-electron chi connectivity index (χ0n) is 15.7. The summed E-state index contributed by atoms with van der Waals surface area (Å²) in [7, 11) is 0. The van der Waals surface area contributed by atoms with Crippen molar-refractivity contribution in [3.8, 4) is 22.4 Å². The van der Waals surface area contributed by atoms with Crippen LogP contribution in [-0.4, -0.2) is 4.98 Å². The molecule has 3 aromatic carbocycles. The van der Waals surface area contributed by atoms with Gasteiger partial charge in [-0.15, -0.1) is 0 Å². The number of rotatable bonds is 2. The maximum Gasteiger partial charge on any atom is 0.336 e. The van der Waals surface area contributed by atoms with Crippen molar-refractivity contribution in [3.63, 3.8) is 0 Å². The first-order valence-electron chi connectivity index (χ1n) is 9.34. The lowest BCUT2D eigenvalue weighted by Gasteiger charge is -2.09. The van der Waals surface area contributed by atoms with Gasteiger partial charge < -0.3 is 9.40 Å². The minimum absolute atomic E-state index is 0.316. The van der Waals surface area contributed by atoms with Crippen LogP contribution < -0.4 is 5.63 Å². The maximum absolute atomic E-state index is 12.0. The highest BCUT2D eigenvalue weighted by Crippen LogP contribution is 2.43. The number of hydrogen-bond donors (Lipinski definition) is 1. The molecule has 1 N–H and O–H groups in total. The molecule has 5 rings (SSSR count). The van der Waals surface area contributed by atoms with E-state index in [0.29, 0.717) is 5.58 Å². The van der Waals surface area contributed by atoms with E-state index < -0.39 is 0 Å². The van der Waals surface area contributed by atoms with Gasteiger partial charge in [-0.2, -0.15) is 0 Å². The summed E-state index contributed by atoms with van der Waals surface area (Å²) in [5, 5.41) is 2.08. The van der Waals surface area contributed by atoms with Gasteiger partial charge in [0, 0.05) is 22.4 Å². The number of H-pyrrole nitrogens is 1. The number of nitrogens with one attached hydrogen (secondary N) is 1. The van der Waals surface area contributed by atoms with Crippen LogP contribution in [0, 0.1) is 13.8 Å². The van der Waals surface area contributed by atoms with Gasteiger partial charge in [0.05, 0.1) is 11.2 Å². The third-order valence-electron chi connectivity index (χ3n) is 5.30. The molecule has 0 atom stereocenters. The van der Waals surface area contributed by atoms with Crippen LogP contribution in [0.3, 0.4) is 0 Å². The molecule has 0 spiro atoms. The van der Waals surface area contributed by atoms with E-state index in [4.69, 9.17) is 4.42 Å². The zero-order valence-corrected chi connectivity index (χ0v) is 15.7. The van der Waals surface area contributed by atoms with E-state index in [1.807, 2.05) is 56.3 Å². The third-order valence-corrected chi connectivity index (χ3v) is 5.30. The molecule has 0 radical (unpaired) electrons. The quantitative estimate of drug-likeness (QED) is 0.377. The van der Waals surface area contributed by atoms with Crippen LogP contribution >= 0.6 is 0 Å². The Balaban J connectivity index is 2.04. The van der Waals surface area contributed by atoms with E-state index in [-0.39, 0.29) is 5.63 Å². The lowest BCUT2D eigenvalue weighted by Crippen LogP contribution is -1.98. The molecule has 0 aliphatic rings. The molecule has 2 aromatic heterocycles. The van der Waals surface area contributed by atoms with Crippen molar-refractivity contribution in [2.75, 3.05) is 0 Å². The Kier molecular flexibility index (Phi) is 3.69. The molecule has 0 amide bonds. The number of hydrogen-bond acceptors (Lipinski definition) is 2. The normalized spacial score (nSPS) is 11.4. The molecule has 0 unspecified atom stereocenters. The van der Waals surface area contributed by atoms with Crippen LogP contribution in [0.2, 0.25) is 0 Å². The third kappa shape index (κ3) is 2.48. The van der Waals surface area contributed by atoms with Gasteiger partial charge in [0.25, 0.3) is 0 Å². The SMILES string of the molecule is Cc1cc2oc(=O)cc(C)c2c2c(-c3ccccc3)c(-c3ccccc3)[nH]c12. The fourth-order valence-corrected chi connectivity index (χ4v) is 4.08. The van der Waals surface area contributed by atoms with Gasteiger partial charge in [0.2, 0.25) is 0 Å². The molecule has 2 heterocycles. The summed E-state index contributed by atoms with van der Waals surface area (Å²) in [4.78, 5) is 15.6. The van der Waals surface area contributed by atoms with Crippen LogP contribution in [-0.2, 0) is 0 Å². The standard InChI is InChI=1S/C25H19NO2/c1-15-14-20(27)28-19-13-16(2)24-23(21(15)19)22(17-9-5-3-6-10-17)25(26-24)18-11-7-4-8-12-18/h3-14,26H,1-2H3. The van der Waals surface area contributed by atoms with E-state index in [0.717, 1.165) is 49.8 Å². The van der Waals surface area contributed by atoms with Gasteiger partial charge in [0.15, 0.2) is 0 Å². The van der Waals surface area contributed by atoms with Crippen molar-refractivity contribution in [2.45, 2.75) is 13.8 Å². The maximum atomic E-state index is 12.0. The minimum Gasteiger partial charge on any atom is -0.423 e. The number of fused-ring (bicyclic) bond motifs is 3. The van der Waals surface area contributed by atoms with Crippen molar-refractivity contribution in [1.82, 2.24) is 4.98 Å². The molecule has 0 bridgehead atoms. The molecule has 3 heteroatoms. The largest absolute Gasteiger partial charge is 0.423 e. The second-order valence-electron chi connectivity index (χ2n) is 7.17. The Bertz CT molecular complexity index is 1380. The van der Waals surface area contributed by atoms with Crippen molar-refractivity contribution < 1.29 is 4.42 Å². The van der Waals surface area contributed by atoms with Gasteiger partial charge >= 0.3 is 5.63 Å². The van der Waals surface area contributed by atoms with Crippen LogP contribution in [0.15, 0.2) is 82.0 Å². The summed E-state index contributed by atoms with van der Waals surface area (Å²) >= 11 is 0. The van der Waals surface area contributed by atoms with E-state index in [1.54, 1.807) is 6.07 Å². The Morgan fingerprint density at radius 3 is 2.07 bits per heavy atom. The summed E-state index contributed by atoms with van der Waals surface area (Å²) < 4.78 is 5.57. The molecular weight excluding hydrogens is 346 g/mol. The van der Waals surface area contributed by atoms with Crippen LogP contribution in [0.4, 0.5) is 0 Å². The van der Waals surface area contributed by atoms with Crippen LogP contribution in [0.1, 0.15) is 11.1 Å². The summed E-state index contributed by atoms with van der Waals surface area (Å²) in [6, 6.07) is 24.2. The molecule has 5 aromatic rings. The second-order valence-corrected chi connectivity index (χ2v) is 7.17. The highest BCUT2D eigenvalue weighted by Gasteiger charge is 2.20. The lowest BCUT2D eigenvalue weighted by atomic mass is 9.94. The summed E-state index contributed by atoms with van der Waals surface area (Å²) in [5.74, 6) is 0. The van der Waals surface area contributed by atoms with Gasteiger partial charge in [-0.25, -0.2) is 4.79 Å². The molecule has 136 valence electrons. The van der Waals surface area contributed by atoms with Crippen molar-refractivity contribution in [2.24, 2.45) is 0 Å². The topological polar surface area (TPSA) is 46.0 Å². The highest BCUT2D eigenvalue weighted by molar-refractivity contribution is 6.18. The van der Waals surface area contributed by atoms with Crippen LogP contribution in [0.25, 0.3) is 44.3 Å². The van der Waals surface area contributed by atoms with E-state index in [2.05, 4.69) is 29.2 Å². The van der Waals surface area contributed by atoms with Crippen molar-refractivity contribution in [3.05, 3.63) is 94.3 Å². The predicted octanol–water partition coefficient (Wildman–Crippen LogP) is 6.23. The summed E-state index contributed by atoms with van der Waals surface area (Å²) in [5.41, 5.74) is 7.82. The van der Waals surface area contributed by atoms with Crippen molar-refractivity contribution >= 4 is 21.9 Å². The summed E-state index contributed by atoms with van der Waals surface area (Å²) in [6.45, 7) is 4.02. The van der Waals surface area contributed by atoms with E-state index in [1.165, 1.54) is 0 Å². The van der Waals surface area contributed by atoms with E-state index in [9.17, 15) is 4.79 Å². The summed E-state index contributed by atoms with van der Waals surface area (Å²) in [6.07, 6.45) is 0. The Hall–Kier alpha value is -3.59. The zero-order chi connectivity index (χ0) is 19.3. The molecule has 3 nitrogen and oxygen atoms in total. The average Bonchev–Trinajstić information content (AvgIpc) is 3.10. The monoisotopic (exact) mass is 365 g/mol. The average molecular weight is 365 g/mol. The highest BCUT2D eigenvalue weighted by atomic mass is 16.4. The van der Waals surface area contributed by atoms with E-state index >= 15 is 0 Å². The van der Waals surface area contributed by atoms with Crippen molar-refractivity contribution in [1.29, 1.82) is 0 Å². The van der Waals surface area contributed by atoms with Gasteiger partial charge in [-0.3, -0.25) is 0 Å². The van der Waals surface area contributed by atoms with Gasteiger partial charge in [-0.1, -0.05) is 60.7 Å². The predicted molar refractivity (Wildman–Crippen MR) is 115 cm³/mol. The molecule has 0 aliphatic carbocycles. The first-order chi connectivity index (χ1) is 13.6. The number of aromatic amines is 1. The smallest absolute Gasteiger partial charge is 0.336 e. The number of aryl methyl sites for hydroxylation is 2. The first-order valence-corrected chi connectivity index (χ1v) is 9.34. The van der Waals surface area contributed by atoms with Crippen LogP contribution in [0.5, 0.6) is 0 Å². The molecule has 0 saturated carbocycles. The molecular formula is C25H19NO2. The minimum atomic E-state index is -0.316. The molecule has 28 heavy (non-hydrogen) atoms. The second kappa shape index (κ2) is 6.24. The number of benzene rings is 3. The molecule has 0 saturated heterocycles. The Morgan fingerprint density at radius 2 is 1.39 bits per heavy atom.